The summed E-state index contributed by atoms with van der Waals surface area (Å²) in [6.45, 7) is 6.31. The van der Waals surface area contributed by atoms with E-state index in [1.54, 1.807) is 6.92 Å². The number of piperidine rings is 1. The van der Waals surface area contributed by atoms with E-state index >= 15 is 0 Å². The number of likely N-dealkylation sites (N-methyl/N-ethyl adjacent to an activating group) is 1. The number of hydrogen-bond donors (Lipinski definition) is 1. The van der Waals surface area contributed by atoms with Crippen molar-refractivity contribution in [1.82, 2.24) is 10.2 Å². The molecule has 3 heteroatoms. The van der Waals surface area contributed by atoms with Crippen LogP contribution in [0.4, 0.5) is 0 Å². The molecule has 3 nitrogen and oxygen atoms in total. The lowest BCUT2D eigenvalue weighted by molar-refractivity contribution is -0.125. The Hall–Kier alpha value is -1.01. The van der Waals surface area contributed by atoms with Crippen molar-refractivity contribution < 1.29 is 4.79 Å². The average Bonchev–Trinajstić information content (AvgIpc) is 2.27. The summed E-state index contributed by atoms with van der Waals surface area (Å²) in [5.41, 5.74) is 0. The minimum Gasteiger partial charge on any atom is -0.331 e. The predicted molar refractivity (Wildman–Crippen MR) is 61.3 cm³/mol. The van der Waals surface area contributed by atoms with Gasteiger partial charge in [-0.25, -0.2) is 0 Å². The van der Waals surface area contributed by atoms with Gasteiger partial charge in [0.15, 0.2) is 0 Å². The summed E-state index contributed by atoms with van der Waals surface area (Å²) < 4.78 is 0. The van der Waals surface area contributed by atoms with E-state index in [9.17, 15) is 4.79 Å². The molecule has 1 N–H and O–H groups in total. The Kier molecular flexibility index (Phi) is 5.20. The van der Waals surface area contributed by atoms with Crippen molar-refractivity contribution in [3.05, 3.63) is 0 Å². The lowest BCUT2D eigenvalue weighted by Gasteiger charge is -2.28. The molecule has 84 valence electrons. The lowest BCUT2D eigenvalue weighted by atomic mass is 10.0. The van der Waals surface area contributed by atoms with Crippen molar-refractivity contribution in [1.29, 1.82) is 0 Å². The van der Waals surface area contributed by atoms with Crippen LogP contribution in [-0.4, -0.2) is 36.5 Å². The third kappa shape index (κ3) is 3.93. The van der Waals surface area contributed by atoms with Crippen molar-refractivity contribution >= 4 is 5.91 Å². The van der Waals surface area contributed by atoms with Gasteiger partial charge in [0.2, 0.25) is 0 Å². The van der Waals surface area contributed by atoms with E-state index in [4.69, 9.17) is 0 Å². The highest BCUT2D eigenvalue weighted by Crippen LogP contribution is 2.08. The van der Waals surface area contributed by atoms with Crippen LogP contribution in [0.15, 0.2) is 0 Å². The van der Waals surface area contributed by atoms with Gasteiger partial charge in [0.05, 0.1) is 0 Å². The number of carbonyl (C=O) groups is 1. The zero-order valence-corrected chi connectivity index (χ0v) is 9.68. The standard InChI is InChI=1S/C12H20N2O/c1-3-7-12(15)14(4-2)10-11-8-5-6-9-13-11/h11,13H,4-6,8-10H2,1-2H3. The molecule has 1 atom stereocenters. The molecule has 0 radical (unpaired) electrons. The molecular weight excluding hydrogens is 188 g/mol. The molecule has 0 aliphatic carbocycles. The smallest absolute Gasteiger partial charge is 0.298 e. The summed E-state index contributed by atoms with van der Waals surface area (Å²) in [5, 5.41) is 3.44. The summed E-state index contributed by atoms with van der Waals surface area (Å²) in [6, 6.07) is 0.460. The fourth-order valence-electron chi connectivity index (χ4n) is 1.89. The molecule has 1 fully saturated rings. The average molecular weight is 208 g/mol. The number of hydrogen-bond acceptors (Lipinski definition) is 2. The molecule has 1 saturated heterocycles. The van der Waals surface area contributed by atoms with E-state index in [1.807, 2.05) is 11.8 Å². The highest BCUT2D eigenvalue weighted by atomic mass is 16.2. The van der Waals surface area contributed by atoms with Gasteiger partial charge in [-0.05, 0) is 39.2 Å². The van der Waals surface area contributed by atoms with Crippen LogP contribution in [0.25, 0.3) is 0 Å². The van der Waals surface area contributed by atoms with Crippen LogP contribution in [0.3, 0.4) is 0 Å². The van der Waals surface area contributed by atoms with Gasteiger partial charge in [0.25, 0.3) is 5.91 Å². The van der Waals surface area contributed by atoms with E-state index in [-0.39, 0.29) is 5.91 Å². The molecule has 0 aromatic carbocycles. The maximum Gasteiger partial charge on any atom is 0.298 e. The Bertz CT molecular complexity index is 259. The Morgan fingerprint density at radius 2 is 2.33 bits per heavy atom. The topological polar surface area (TPSA) is 32.3 Å². The van der Waals surface area contributed by atoms with Gasteiger partial charge in [-0.15, -0.1) is 0 Å². The van der Waals surface area contributed by atoms with Crippen LogP contribution in [0.5, 0.6) is 0 Å². The maximum atomic E-state index is 11.6. The highest BCUT2D eigenvalue weighted by Gasteiger charge is 2.17. The monoisotopic (exact) mass is 208 g/mol. The van der Waals surface area contributed by atoms with Crippen molar-refractivity contribution in [2.45, 2.75) is 39.2 Å². The Balaban J connectivity index is 2.43. The highest BCUT2D eigenvalue weighted by molar-refractivity contribution is 5.93. The predicted octanol–water partition coefficient (Wildman–Crippen LogP) is 1.00. The minimum absolute atomic E-state index is 0.0487. The zero-order chi connectivity index (χ0) is 11.1. The molecule has 0 bridgehead atoms. The molecule has 1 aliphatic rings. The first kappa shape index (κ1) is 12.1. The normalized spacial score (nSPS) is 20.3. The molecule has 1 heterocycles. The minimum atomic E-state index is -0.0487. The fraction of sp³-hybridized carbons (Fsp3) is 0.750. The first-order valence-corrected chi connectivity index (χ1v) is 5.73. The summed E-state index contributed by atoms with van der Waals surface area (Å²) in [5.74, 6) is 5.20. The second-order valence-electron chi connectivity index (χ2n) is 3.87. The molecule has 0 spiro atoms. The van der Waals surface area contributed by atoms with Crippen molar-refractivity contribution in [3.63, 3.8) is 0 Å². The number of nitrogens with zero attached hydrogens (tertiary/aromatic N) is 1. The van der Waals surface area contributed by atoms with Crippen molar-refractivity contribution in [2.75, 3.05) is 19.6 Å². The third-order valence-corrected chi connectivity index (χ3v) is 2.75. The fourth-order valence-corrected chi connectivity index (χ4v) is 1.89. The molecule has 0 aromatic rings. The second kappa shape index (κ2) is 6.47. The number of carbonyl (C=O) groups excluding carboxylic acids is 1. The van der Waals surface area contributed by atoms with E-state index < -0.39 is 0 Å². The molecule has 0 aromatic heterocycles. The van der Waals surface area contributed by atoms with Gasteiger partial charge in [-0.3, -0.25) is 4.79 Å². The molecular formula is C12H20N2O. The maximum absolute atomic E-state index is 11.6. The number of amides is 1. The van der Waals surface area contributed by atoms with Gasteiger partial charge < -0.3 is 10.2 Å². The van der Waals surface area contributed by atoms with Crippen molar-refractivity contribution in [2.24, 2.45) is 0 Å². The molecule has 1 amide bonds. The van der Waals surface area contributed by atoms with Gasteiger partial charge in [-0.2, -0.15) is 0 Å². The van der Waals surface area contributed by atoms with Gasteiger partial charge in [0.1, 0.15) is 0 Å². The van der Waals surface area contributed by atoms with E-state index in [2.05, 4.69) is 17.2 Å². The summed E-state index contributed by atoms with van der Waals surface area (Å²) >= 11 is 0. The summed E-state index contributed by atoms with van der Waals surface area (Å²) in [7, 11) is 0. The quantitative estimate of drug-likeness (QED) is 0.702. The van der Waals surface area contributed by atoms with Crippen LogP contribution in [0, 0.1) is 11.8 Å². The van der Waals surface area contributed by atoms with Gasteiger partial charge in [-0.1, -0.05) is 12.3 Å². The molecule has 1 unspecified atom stereocenters. The van der Waals surface area contributed by atoms with Gasteiger partial charge in [0, 0.05) is 19.1 Å². The summed E-state index contributed by atoms with van der Waals surface area (Å²) in [6.07, 6.45) is 3.69. The van der Waals surface area contributed by atoms with Gasteiger partial charge >= 0.3 is 0 Å². The van der Waals surface area contributed by atoms with E-state index in [0.29, 0.717) is 6.04 Å². The molecule has 1 rings (SSSR count). The van der Waals surface area contributed by atoms with E-state index in [0.717, 1.165) is 19.6 Å². The van der Waals surface area contributed by atoms with Crippen LogP contribution in [-0.2, 0) is 4.79 Å². The SMILES string of the molecule is CC#CC(=O)N(CC)CC1CCCCN1. The largest absolute Gasteiger partial charge is 0.331 e. The van der Waals surface area contributed by atoms with E-state index in [1.165, 1.54) is 19.3 Å². The van der Waals surface area contributed by atoms with Crippen LogP contribution in [0.2, 0.25) is 0 Å². The summed E-state index contributed by atoms with van der Waals surface area (Å²) in [4.78, 5) is 13.4. The lowest BCUT2D eigenvalue weighted by Crippen LogP contribution is -2.45. The zero-order valence-electron chi connectivity index (χ0n) is 9.68. The number of nitrogens with one attached hydrogen (secondary N) is 1. The van der Waals surface area contributed by atoms with Crippen LogP contribution in [0.1, 0.15) is 33.1 Å². The Morgan fingerprint density at radius 3 is 2.87 bits per heavy atom. The first-order valence-electron chi connectivity index (χ1n) is 5.73. The molecule has 0 saturated carbocycles. The van der Waals surface area contributed by atoms with Crippen molar-refractivity contribution in [3.8, 4) is 11.8 Å². The third-order valence-electron chi connectivity index (χ3n) is 2.75. The molecule has 15 heavy (non-hydrogen) atoms. The molecule has 1 aliphatic heterocycles. The Labute approximate surface area is 92.2 Å². The van der Waals surface area contributed by atoms with Crippen LogP contribution < -0.4 is 5.32 Å². The Morgan fingerprint density at radius 1 is 1.53 bits per heavy atom. The first-order chi connectivity index (χ1) is 7.27. The number of rotatable bonds is 3. The van der Waals surface area contributed by atoms with Crippen LogP contribution >= 0.6 is 0 Å². The second-order valence-corrected chi connectivity index (χ2v) is 3.87.